The predicted molar refractivity (Wildman–Crippen MR) is 69.5 cm³/mol. The molecule has 0 aliphatic rings. The van der Waals surface area contributed by atoms with E-state index in [0.717, 1.165) is 5.39 Å². The highest BCUT2D eigenvalue weighted by Crippen LogP contribution is 2.10. The number of methoxy groups -OCH3 is 1. The van der Waals surface area contributed by atoms with Crippen LogP contribution in [0.1, 0.15) is 0 Å². The average molecular weight is 254 g/mol. The van der Waals surface area contributed by atoms with Crippen LogP contribution in [0.25, 0.3) is 16.6 Å². The molecule has 0 unspecified atom stereocenters. The molecule has 0 aromatic carbocycles. The molecule has 0 saturated heterocycles. The van der Waals surface area contributed by atoms with E-state index in [2.05, 4.69) is 15.0 Å². The lowest BCUT2D eigenvalue weighted by Crippen LogP contribution is -2.19. The second kappa shape index (κ2) is 4.49. The van der Waals surface area contributed by atoms with Crippen LogP contribution in [-0.4, -0.2) is 26.6 Å². The smallest absolute Gasteiger partial charge is 0.265 e. The number of ether oxygens (including phenoxy) is 1. The lowest BCUT2D eigenvalue weighted by Gasteiger charge is -2.06. The Morgan fingerprint density at radius 2 is 2.05 bits per heavy atom. The molecule has 6 heteroatoms. The Hall–Kier alpha value is -2.76. The van der Waals surface area contributed by atoms with Crippen molar-refractivity contribution in [2.75, 3.05) is 7.11 Å². The summed E-state index contributed by atoms with van der Waals surface area (Å²) in [5, 5.41) is 1.38. The number of nitrogens with zero attached hydrogens (tertiary/aromatic N) is 4. The maximum Gasteiger partial charge on any atom is 0.265 e. The summed E-state index contributed by atoms with van der Waals surface area (Å²) < 4.78 is 6.42. The van der Waals surface area contributed by atoms with Gasteiger partial charge in [-0.3, -0.25) is 19.3 Å². The molecular weight excluding hydrogens is 244 g/mol. The van der Waals surface area contributed by atoms with Gasteiger partial charge in [0.2, 0.25) is 5.88 Å². The minimum atomic E-state index is -0.187. The summed E-state index contributed by atoms with van der Waals surface area (Å²) in [5.41, 5.74) is -0.187. The van der Waals surface area contributed by atoms with Gasteiger partial charge in [0.15, 0.2) is 5.82 Å². The Morgan fingerprint density at radius 3 is 2.89 bits per heavy atom. The van der Waals surface area contributed by atoms with Crippen LogP contribution < -0.4 is 10.3 Å². The summed E-state index contributed by atoms with van der Waals surface area (Å²) >= 11 is 0. The van der Waals surface area contributed by atoms with E-state index < -0.39 is 0 Å². The van der Waals surface area contributed by atoms with Gasteiger partial charge < -0.3 is 4.74 Å². The first-order valence-corrected chi connectivity index (χ1v) is 5.61. The lowest BCUT2D eigenvalue weighted by molar-refractivity contribution is 0.395. The first-order chi connectivity index (χ1) is 9.29. The van der Waals surface area contributed by atoms with Gasteiger partial charge in [-0.15, -0.1) is 0 Å². The molecule has 6 nitrogen and oxygen atoms in total. The van der Waals surface area contributed by atoms with Crippen molar-refractivity contribution in [2.24, 2.45) is 0 Å². The van der Waals surface area contributed by atoms with Gasteiger partial charge in [-0.25, -0.2) is 0 Å². The van der Waals surface area contributed by atoms with Crippen LogP contribution in [-0.2, 0) is 0 Å². The van der Waals surface area contributed by atoms with E-state index in [1.807, 2.05) is 6.07 Å². The van der Waals surface area contributed by atoms with E-state index in [1.54, 1.807) is 24.7 Å². The van der Waals surface area contributed by atoms with E-state index in [4.69, 9.17) is 4.74 Å². The highest BCUT2D eigenvalue weighted by Gasteiger charge is 2.06. The molecule has 0 spiro atoms. The molecule has 0 bridgehead atoms. The molecule has 3 heterocycles. The van der Waals surface area contributed by atoms with Crippen molar-refractivity contribution in [1.29, 1.82) is 0 Å². The van der Waals surface area contributed by atoms with Crippen LogP contribution in [0, 0.1) is 0 Å². The summed E-state index contributed by atoms with van der Waals surface area (Å²) in [6.07, 6.45) is 7.84. The SMILES string of the molecule is COc1cncc(-n2ccc3ccncc3c2=O)n1. The van der Waals surface area contributed by atoms with Crippen molar-refractivity contribution in [2.45, 2.75) is 0 Å². The number of aromatic nitrogens is 4. The van der Waals surface area contributed by atoms with Crippen molar-refractivity contribution in [3.63, 3.8) is 0 Å². The molecule has 0 aliphatic heterocycles. The molecule has 0 amide bonds. The van der Waals surface area contributed by atoms with Crippen LogP contribution >= 0.6 is 0 Å². The van der Waals surface area contributed by atoms with Gasteiger partial charge in [0, 0.05) is 18.6 Å². The predicted octanol–water partition coefficient (Wildman–Crippen LogP) is 1.18. The highest BCUT2D eigenvalue weighted by atomic mass is 16.5. The maximum atomic E-state index is 12.3. The second-order valence-corrected chi connectivity index (χ2v) is 3.87. The normalized spacial score (nSPS) is 10.6. The Balaban J connectivity index is 2.25. The van der Waals surface area contributed by atoms with Gasteiger partial charge >= 0.3 is 0 Å². The second-order valence-electron chi connectivity index (χ2n) is 3.87. The molecule has 0 fully saturated rings. The fraction of sp³-hybridized carbons (Fsp3) is 0.0769. The third-order valence-electron chi connectivity index (χ3n) is 2.76. The number of hydrogen-bond acceptors (Lipinski definition) is 5. The summed E-state index contributed by atoms with van der Waals surface area (Å²) in [5.74, 6) is 0.769. The summed E-state index contributed by atoms with van der Waals surface area (Å²) in [6.45, 7) is 0. The highest BCUT2D eigenvalue weighted by molar-refractivity contribution is 5.80. The fourth-order valence-electron chi connectivity index (χ4n) is 1.81. The molecule has 0 aliphatic carbocycles. The summed E-state index contributed by atoms with van der Waals surface area (Å²) in [4.78, 5) is 24.5. The van der Waals surface area contributed by atoms with Crippen molar-refractivity contribution in [3.05, 3.63) is 53.5 Å². The third-order valence-corrected chi connectivity index (χ3v) is 2.76. The average Bonchev–Trinajstić information content (AvgIpc) is 2.48. The third kappa shape index (κ3) is 1.93. The van der Waals surface area contributed by atoms with E-state index in [-0.39, 0.29) is 5.56 Å². The standard InChI is InChI=1S/C13H10N4O2/c1-19-12-8-15-7-11(16-12)17-5-3-9-2-4-14-6-10(9)13(17)18/h2-8H,1H3. The number of rotatable bonds is 2. The van der Waals surface area contributed by atoms with E-state index >= 15 is 0 Å². The minimum Gasteiger partial charge on any atom is -0.480 e. The lowest BCUT2D eigenvalue weighted by atomic mass is 10.2. The Labute approximate surface area is 108 Å². The number of hydrogen-bond donors (Lipinski definition) is 0. The fourth-order valence-corrected chi connectivity index (χ4v) is 1.81. The number of fused-ring (bicyclic) bond motifs is 1. The minimum absolute atomic E-state index is 0.187. The molecule has 0 saturated carbocycles. The molecule has 0 N–H and O–H groups in total. The topological polar surface area (TPSA) is 69.9 Å². The molecule has 3 rings (SSSR count). The van der Waals surface area contributed by atoms with Crippen LogP contribution in [0.5, 0.6) is 5.88 Å². The zero-order valence-electron chi connectivity index (χ0n) is 10.1. The van der Waals surface area contributed by atoms with E-state index in [0.29, 0.717) is 17.1 Å². The van der Waals surface area contributed by atoms with Gasteiger partial charge in [0.1, 0.15) is 0 Å². The molecule has 3 aromatic heterocycles. The number of pyridine rings is 2. The Bertz CT molecular complexity index is 798. The van der Waals surface area contributed by atoms with Crippen LogP contribution in [0.15, 0.2) is 47.9 Å². The van der Waals surface area contributed by atoms with Gasteiger partial charge in [-0.05, 0) is 17.5 Å². The largest absolute Gasteiger partial charge is 0.480 e. The van der Waals surface area contributed by atoms with E-state index in [1.165, 1.54) is 24.1 Å². The first kappa shape index (κ1) is 11.3. The molecule has 19 heavy (non-hydrogen) atoms. The van der Waals surface area contributed by atoms with Crippen LogP contribution in [0.4, 0.5) is 0 Å². The van der Waals surface area contributed by atoms with Crippen molar-refractivity contribution in [3.8, 4) is 11.7 Å². The Kier molecular flexibility index (Phi) is 2.68. The molecule has 0 radical (unpaired) electrons. The van der Waals surface area contributed by atoms with E-state index in [9.17, 15) is 4.79 Å². The van der Waals surface area contributed by atoms with Crippen molar-refractivity contribution in [1.82, 2.24) is 19.5 Å². The monoisotopic (exact) mass is 254 g/mol. The van der Waals surface area contributed by atoms with Crippen molar-refractivity contribution >= 4 is 10.8 Å². The summed E-state index contributed by atoms with van der Waals surface area (Å²) in [7, 11) is 1.50. The van der Waals surface area contributed by atoms with Crippen molar-refractivity contribution < 1.29 is 4.74 Å². The van der Waals surface area contributed by atoms with Gasteiger partial charge in [0.05, 0.1) is 24.9 Å². The molecular formula is C13H10N4O2. The molecule has 94 valence electrons. The Morgan fingerprint density at radius 1 is 1.16 bits per heavy atom. The zero-order chi connectivity index (χ0) is 13.2. The quantitative estimate of drug-likeness (QED) is 0.687. The van der Waals surface area contributed by atoms with Crippen LogP contribution in [0.3, 0.4) is 0 Å². The van der Waals surface area contributed by atoms with Gasteiger partial charge in [0.25, 0.3) is 5.56 Å². The molecule has 3 aromatic rings. The summed E-state index contributed by atoms with van der Waals surface area (Å²) in [6, 6.07) is 3.62. The zero-order valence-corrected chi connectivity index (χ0v) is 10.1. The first-order valence-electron chi connectivity index (χ1n) is 5.61. The van der Waals surface area contributed by atoms with Gasteiger partial charge in [-0.1, -0.05) is 0 Å². The van der Waals surface area contributed by atoms with Gasteiger partial charge in [-0.2, -0.15) is 4.98 Å². The maximum absolute atomic E-state index is 12.3. The van der Waals surface area contributed by atoms with Crippen LogP contribution in [0.2, 0.25) is 0 Å². The molecule has 0 atom stereocenters.